The Kier molecular flexibility index (Phi) is 4.80. The zero-order valence-corrected chi connectivity index (χ0v) is 15.3. The minimum absolute atomic E-state index is 0.147. The summed E-state index contributed by atoms with van der Waals surface area (Å²) < 4.78 is 26.4. The zero-order chi connectivity index (χ0) is 18.0. The van der Waals surface area contributed by atoms with Crippen LogP contribution < -0.4 is 5.32 Å². The van der Waals surface area contributed by atoms with E-state index in [2.05, 4.69) is 15.5 Å². The molecule has 1 heterocycles. The zero-order valence-electron chi connectivity index (χ0n) is 13.6. The second-order valence-corrected chi connectivity index (χ2v) is 8.67. The fourth-order valence-corrected chi connectivity index (χ4v) is 4.07. The monoisotopic (exact) mass is 376 g/mol. The van der Waals surface area contributed by atoms with Crippen LogP contribution in [0.2, 0.25) is 0 Å². The van der Waals surface area contributed by atoms with Crippen molar-refractivity contribution in [2.45, 2.75) is 11.8 Å². The van der Waals surface area contributed by atoms with Gasteiger partial charge in [-0.05, 0) is 29.8 Å². The van der Waals surface area contributed by atoms with Crippen molar-refractivity contribution < 1.29 is 13.2 Å². The number of anilines is 1. The van der Waals surface area contributed by atoms with E-state index >= 15 is 0 Å². The Hall–Kier alpha value is -2.36. The Morgan fingerprint density at radius 2 is 1.88 bits per heavy atom. The smallest absolute Gasteiger partial charge is 0.243 e. The topological polar surface area (TPSA) is 92.3 Å². The van der Waals surface area contributed by atoms with E-state index in [-0.39, 0.29) is 11.4 Å². The lowest BCUT2D eigenvalue weighted by Gasteiger charge is -2.16. The molecule has 1 aromatic heterocycles. The van der Waals surface area contributed by atoms with Crippen molar-refractivity contribution in [1.82, 2.24) is 14.5 Å². The minimum atomic E-state index is -3.77. The second-order valence-electron chi connectivity index (χ2n) is 5.44. The molecule has 130 valence electrons. The van der Waals surface area contributed by atoms with Crippen molar-refractivity contribution in [1.29, 1.82) is 0 Å². The summed E-state index contributed by atoms with van der Waals surface area (Å²) in [5.41, 5.74) is 0. The molecule has 0 aliphatic rings. The maximum Gasteiger partial charge on any atom is 0.243 e. The van der Waals surface area contributed by atoms with E-state index in [1.807, 2.05) is 24.3 Å². The Morgan fingerprint density at radius 1 is 1.16 bits per heavy atom. The van der Waals surface area contributed by atoms with Gasteiger partial charge in [-0.3, -0.25) is 10.1 Å². The summed E-state index contributed by atoms with van der Waals surface area (Å²) in [6, 6.07) is 12.4. The Bertz CT molecular complexity index is 1030. The van der Waals surface area contributed by atoms with Gasteiger partial charge in [0.15, 0.2) is 0 Å². The first-order chi connectivity index (χ1) is 11.9. The predicted octanol–water partition coefficient (Wildman–Crippen LogP) is 2.26. The normalized spacial score (nSPS) is 11.8. The van der Waals surface area contributed by atoms with Gasteiger partial charge in [0.1, 0.15) is 5.01 Å². The van der Waals surface area contributed by atoms with Gasteiger partial charge in [-0.25, -0.2) is 8.42 Å². The molecule has 0 radical (unpaired) electrons. The fraction of sp³-hybridized carbons (Fsp3) is 0.188. The highest BCUT2D eigenvalue weighted by atomic mass is 32.2. The van der Waals surface area contributed by atoms with E-state index in [4.69, 9.17) is 0 Å². The third-order valence-electron chi connectivity index (χ3n) is 3.57. The molecule has 0 aliphatic heterocycles. The summed E-state index contributed by atoms with van der Waals surface area (Å²) in [6.07, 6.45) is 0. The number of nitrogens with one attached hydrogen (secondary N) is 1. The standard InChI is InChI=1S/C16H16N4O3S2/c1-11-18-19-16(24-11)17-15(21)10-20(2)25(22,23)14-8-7-12-5-3-4-6-13(12)9-14/h3-9H,10H2,1-2H3,(H,17,19,21). The molecule has 0 saturated carbocycles. The number of sulfonamides is 1. The van der Waals surface area contributed by atoms with Gasteiger partial charge in [0.2, 0.25) is 21.1 Å². The van der Waals surface area contributed by atoms with E-state index in [1.54, 1.807) is 25.1 Å². The number of fused-ring (bicyclic) bond motifs is 1. The van der Waals surface area contributed by atoms with Gasteiger partial charge in [0.25, 0.3) is 0 Å². The summed E-state index contributed by atoms with van der Waals surface area (Å²) in [7, 11) is -2.40. The maximum absolute atomic E-state index is 12.7. The molecule has 7 nitrogen and oxygen atoms in total. The number of aryl methyl sites for hydroxylation is 1. The van der Waals surface area contributed by atoms with Gasteiger partial charge in [-0.2, -0.15) is 4.31 Å². The Balaban J connectivity index is 1.76. The number of hydrogen-bond acceptors (Lipinski definition) is 6. The number of amides is 1. The Labute approximate surface area is 149 Å². The first-order valence-corrected chi connectivity index (χ1v) is 9.67. The molecule has 3 aromatic rings. The number of rotatable bonds is 5. The molecule has 0 fully saturated rings. The van der Waals surface area contributed by atoms with Gasteiger partial charge in [0, 0.05) is 7.05 Å². The highest BCUT2D eigenvalue weighted by Crippen LogP contribution is 2.21. The van der Waals surface area contributed by atoms with E-state index in [0.29, 0.717) is 10.1 Å². The third kappa shape index (κ3) is 3.84. The van der Waals surface area contributed by atoms with Crippen LogP contribution in [0.1, 0.15) is 5.01 Å². The summed E-state index contributed by atoms with van der Waals surface area (Å²) in [5.74, 6) is -0.469. The highest BCUT2D eigenvalue weighted by Gasteiger charge is 2.23. The van der Waals surface area contributed by atoms with Crippen LogP contribution in [0.4, 0.5) is 5.13 Å². The molecular weight excluding hydrogens is 360 g/mol. The molecule has 25 heavy (non-hydrogen) atoms. The lowest BCUT2D eigenvalue weighted by molar-refractivity contribution is -0.116. The predicted molar refractivity (Wildman–Crippen MR) is 97.0 cm³/mol. The van der Waals surface area contributed by atoms with Crippen LogP contribution in [0.25, 0.3) is 10.8 Å². The lowest BCUT2D eigenvalue weighted by Crippen LogP contribution is -2.34. The van der Waals surface area contributed by atoms with Gasteiger partial charge < -0.3 is 0 Å². The van der Waals surface area contributed by atoms with E-state index in [9.17, 15) is 13.2 Å². The molecule has 3 rings (SSSR count). The number of aromatic nitrogens is 2. The van der Waals surface area contributed by atoms with Crippen molar-refractivity contribution in [3.8, 4) is 0 Å². The van der Waals surface area contributed by atoms with Gasteiger partial charge in [-0.1, -0.05) is 41.7 Å². The molecule has 0 atom stereocenters. The van der Waals surface area contributed by atoms with Gasteiger partial charge in [0.05, 0.1) is 11.4 Å². The quantitative estimate of drug-likeness (QED) is 0.737. The molecule has 1 amide bonds. The number of carbonyl (C=O) groups is 1. The number of benzene rings is 2. The van der Waals surface area contributed by atoms with Crippen molar-refractivity contribution in [2.24, 2.45) is 0 Å². The SMILES string of the molecule is Cc1nnc(NC(=O)CN(C)S(=O)(=O)c2ccc3ccccc3c2)s1. The Morgan fingerprint density at radius 3 is 2.56 bits per heavy atom. The number of likely N-dealkylation sites (N-methyl/N-ethyl adjacent to an activating group) is 1. The average Bonchev–Trinajstić information content (AvgIpc) is 2.98. The molecule has 1 N–H and O–H groups in total. The first kappa shape index (κ1) is 17.5. The molecule has 0 aliphatic carbocycles. The summed E-state index contributed by atoms with van der Waals surface area (Å²) in [5, 5.41) is 13.0. The second kappa shape index (κ2) is 6.87. The van der Waals surface area contributed by atoms with E-state index < -0.39 is 15.9 Å². The van der Waals surface area contributed by atoms with Crippen molar-refractivity contribution in [3.05, 3.63) is 47.5 Å². The third-order valence-corrected chi connectivity index (χ3v) is 6.12. The molecule has 0 bridgehead atoms. The van der Waals surface area contributed by atoms with Crippen LogP contribution in [0.15, 0.2) is 47.4 Å². The van der Waals surface area contributed by atoms with Crippen molar-refractivity contribution in [2.75, 3.05) is 18.9 Å². The number of nitrogens with zero attached hydrogens (tertiary/aromatic N) is 3. The summed E-state index contributed by atoms with van der Waals surface area (Å²) in [6.45, 7) is 1.46. The fourth-order valence-electron chi connectivity index (χ4n) is 2.30. The average molecular weight is 376 g/mol. The van der Waals surface area contributed by atoms with E-state index in [0.717, 1.165) is 15.1 Å². The minimum Gasteiger partial charge on any atom is -0.299 e. The van der Waals surface area contributed by atoms with Crippen LogP contribution in [-0.4, -0.2) is 42.4 Å². The molecular formula is C16H16N4O3S2. The summed E-state index contributed by atoms with van der Waals surface area (Å²) in [4.78, 5) is 12.2. The molecule has 2 aromatic carbocycles. The van der Waals surface area contributed by atoms with Crippen molar-refractivity contribution >= 4 is 43.2 Å². The van der Waals surface area contributed by atoms with Crippen LogP contribution >= 0.6 is 11.3 Å². The molecule has 9 heteroatoms. The van der Waals surface area contributed by atoms with E-state index in [1.165, 1.54) is 18.4 Å². The van der Waals surface area contributed by atoms with Crippen molar-refractivity contribution in [3.63, 3.8) is 0 Å². The number of hydrogen-bond donors (Lipinski definition) is 1. The highest BCUT2D eigenvalue weighted by molar-refractivity contribution is 7.89. The molecule has 0 spiro atoms. The molecule has 0 unspecified atom stereocenters. The number of carbonyl (C=O) groups excluding carboxylic acids is 1. The molecule has 0 saturated heterocycles. The largest absolute Gasteiger partial charge is 0.299 e. The first-order valence-electron chi connectivity index (χ1n) is 7.41. The summed E-state index contributed by atoms with van der Waals surface area (Å²) >= 11 is 1.23. The van der Waals surface area contributed by atoms with Gasteiger partial charge in [-0.15, -0.1) is 10.2 Å². The van der Waals surface area contributed by atoms with Crippen LogP contribution in [0.3, 0.4) is 0 Å². The maximum atomic E-state index is 12.7. The van der Waals surface area contributed by atoms with Crippen LogP contribution in [0, 0.1) is 6.92 Å². The lowest BCUT2D eigenvalue weighted by atomic mass is 10.1. The van der Waals surface area contributed by atoms with Gasteiger partial charge >= 0.3 is 0 Å². The van der Waals surface area contributed by atoms with Crippen LogP contribution in [0.5, 0.6) is 0 Å². The van der Waals surface area contributed by atoms with Crippen LogP contribution in [-0.2, 0) is 14.8 Å².